The first kappa shape index (κ1) is 12.0. The molecular weight excluding hydrogens is 146 g/mol. The van der Waals surface area contributed by atoms with E-state index in [0.717, 1.165) is 12.3 Å². The standard InChI is InChI=1S/C11H25N/c1-5-8-11(12,6-2)9-7-10(3)4/h10H,5-9,12H2,1-4H3. The molecule has 0 spiro atoms. The SMILES string of the molecule is CCCC(N)(CC)CCC(C)C. The largest absolute Gasteiger partial charge is 0.325 e. The van der Waals surface area contributed by atoms with Crippen LogP contribution in [0.15, 0.2) is 0 Å². The molecule has 0 amide bonds. The molecule has 0 bridgehead atoms. The zero-order valence-electron chi connectivity index (χ0n) is 9.19. The van der Waals surface area contributed by atoms with Gasteiger partial charge in [0.05, 0.1) is 0 Å². The van der Waals surface area contributed by atoms with Crippen molar-refractivity contribution in [2.24, 2.45) is 11.7 Å². The van der Waals surface area contributed by atoms with Gasteiger partial charge in [-0.15, -0.1) is 0 Å². The maximum Gasteiger partial charge on any atom is 0.0151 e. The minimum absolute atomic E-state index is 0.124. The van der Waals surface area contributed by atoms with Crippen LogP contribution in [-0.4, -0.2) is 5.54 Å². The normalized spacial score (nSPS) is 16.5. The molecule has 12 heavy (non-hydrogen) atoms. The third kappa shape index (κ3) is 4.76. The van der Waals surface area contributed by atoms with E-state index in [2.05, 4.69) is 27.7 Å². The fourth-order valence-electron chi connectivity index (χ4n) is 1.55. The van der Waals surface area contributed by atoms with Crippen LogP contribution in [0.1, 0.15) is 59.8 Å². The molecule has 0 rings (SSSR count). The fourth-order valence-corrected chi connectivity index (χ4v) is 1.55. The molecule has 2 N–H and O–H groups in total. The van der Waals surface area contributed by atoms with Gasteiger partial charge in [-0.3, -0.25) is 0 Å². The van der Waals surface area contributed by atoms with E-state index in [0.29, 0.717) is 0 Å². The molecule has 0 saturated heterocycles. The minimum atomic E-state index is 0.124. The van der Waals surface area contributed by atoms with Crippen LogP contribution in [0.2, 0.25) is 0 Å². The van der Waals surface area contributed by atoms with E-state index in [9.17, 15) is 0 Å². The summed E-state index contributed by atoms with van der Waals surface area (Å²) in [5, 5.41) is 0. The molecule has 1 nitrogen and oxygen atoms in total. The molecule has 0 radical (unpaired) electrons. The van der Waals surface area contributed by atoms with E-state index >= 15 is 0 Å². The van der Waals surface area contributed by atoms with Crippen molar-refractivity contribution in [2.75, 3.05) is 0 Å². The van der Waals surface area contributed by atoms with E-state index < -0.39 is 0 Å². The summed E-state index contributed by atoms with van der Waals surface area (Å²) in [6, 6.07) is 0. The van der Waals surface area contributed by atoms with Crippen LogP contribution in [-0.2, 0) is 0 Å². The van der Waals surface area contributed by atoms with Gasteiger partial charge in [0.15, 0.2) is 0 Å². The molecule has 74 valence electrons. The van der Waals surface area contributed by atoms with Gasteiger partial charge in [-0.2, -0.15) is 0 Å². The molecule has 0 saturated carbocycles. The lowest BCUT2D eigenvalue weighted by molar-refractivity contribution is 0.321. The predicted octanol–water partition coefficient (Wildman–Crippen LogP) is 3.33. The van der Waals surface area contributed by atoms with Gasteiger partial charge in [-0.05, 0) is 31.6 Å². The topological polar surface area (TPSA) is 26.0 Å². The van der Waals surface area contributed by atoms with Gasteiger partial charge in [0, 0.05) is 5.54 Å². The van der Waals surface area contributed by atoms with Crippen LogP contribution in [0.5, 0.6) is 0 Å². The molecule has 0 aliphatic carbocycles. The van der Waals surface area contributed by atoms with Gasteiger partial charge >= 0.3 is 0 Å². The molecule has 0 aromatic rings. The quantitative estimate of drug-likeness (QED) is 0.652. The fraction of sp³-hybridized carbons (Fsp3) is 1.00. The average Bonchev–Trinajstić information content (AvgIpc) is 2.02. The molecular formula is C11H25N. The maximum absolute atomic E-state index is 6.26. The highest BCUT2D eigenvalue weighted by Gasteiger charge is 2.20. The number of hydrogen-bond acceptors (Lipinski definition) is 1. The second-order valence-corrected chi connectivity index (χ2v) is 4.40. The summed E-state index contributed by atoms with van der Waals surface area (Å²) < 4.78 is 0. The molecule has 1 atom stereocenters. The van der Waals surface area contributed by atoms with Crippen LogP contribution in [0, 0.1) is 5.92 Å². The zero-order chi connectivity index (χ0) is 9.61. The van der Waals surface area contributed by atoms with Gasteiger partial charge in [0.2, 0.25) is 0 Å². The summed E-state index contributed by atoms with van der Waals surface area (Å²) in [6.07, 6.45) is 5.96. The summed E-state index contributed by atoms with van der Waals surface area (Å²) in [5.74, 6) is 0.788. The second-order valence-electron chi connectivity index (χ2n) is 4.40. The highest BCUT2D eigenvalue weighted by molar-refractivity contribution is 4.82. The van der Waals surface area contributed by atoms with Crippen molar-refractivity contribution in [1.82, 2.24) is 0 Å². The van der Waals surface area contributed by atoms with Gasteiger partial charge in [0.25, 0.3) is 0 Å². The van der Waals surface area contributed by atoms with E-state index in [1.165, 1.54) is 25.7 Å². The highest BCUT2D eigenvalue weighted by Crippen LogP contribution is 2.22. The van der Waals surface area contributed by atoms with Gasteiger partial charge < -0.3 is 5.73 Å². The molecule has 0 aliphatic rings. The predicted molar refractivity (Wildman–Crippen MR) is 56.2 cm³/mol. The molecule has 0 aliphatic heterocycles. The Balaban J connectivity index is 3.78. The van der Waals surface area contributed by atoms with E-state index in [1.54, 1.807) is 0 Å². The van der Waals surface area contributed by atoms with Crippen LogP contribution in [0.3, 0.4) is 0 Å². The Bertz CT molecular complexity index is 110. The van der Waals surface area contributed by atoms with E-state index in [1.807, 2.05) is 0 Å². The van der Waals surface area contributed by atoms with Crippen LogP contribution < -0.4 is 5.73 Å². The first-order valence-electron chi connectivity index (χ1n) is 5.33. The van der Waals surface area contributed by atoms with Crippen molar-refractivity contribution >= 4 is 0 Å². The molecule has 1 heteroatoms. The van der Waals surface area contributed by atoms with E-state index in [-0.39, 0.29) is 5.54 Å². The van der Waals surface area contributed by atoms with Gasteiger partial charge in [-0.25, -0.2) is 0 Å². The lowest BCUT2D eigenvalue weighted by Gasteiger charge is -2.28. The van der Waals surface area contributed by atoms with Crippen molar-refractivity contribution in [3.05, 3.63) is 0 Å². The summed E-state index contributed by atoms with van der Waals surface area (Å²) in [5.41, 5.74) is 6.38. The van der Waals surface area contributed by atoms with Crippen molar-refractivity contribution in [2.45, 2.75) is 65.3 Å². The number of hydrogen-bond donors (Lipinski definition) is 1. The van der Waals surface area contributed by atoms with E-state index in [4.69, 9.17) is 5.73 Å². The lowest BCUT2D eigenvalue weighted by atomic mass is 9.85. The number of nitrogens with two attached hydrogens (primary N) is 1. The lowest BCUT2D eigenvalue weighted by Crippen LogP contribution is -2.39. The van der Waals surface area contributed by atoms with Crippen LogP contribution in [0.4, 0.5) is 0 Å². The van der Waals surface area contributed by atoms with Gasteiger partial charge in [0.1, 0.15) is 0 Å². The van der Waals surface area contributed by atoms with Crippen molar-refractivity contribution in [3.8, 4) is 0 Å². The monoisotopic (exact) mass is 171 g/mol. The Morgan fingerprint density at radius 2 is 1.75 bits per heavy atom. The van der Waals surface area contributed by atoms with Crippen molar-refractivity contribution < 1.29 is 0 Å². The molecule has 0 fully saturated rings. The van der Waals surface area contributed by atoms with Crippen molar-refractivity contribution in [1.29, 1.82) is 0 Å². The summed E-state index contributed by atoms with van der Waals surface area (Å²) >= 11 is 0. The Morgan fingerprint density at radius 3 is 2.08 bits per heavy atom. The molecule has 1 unspecified atom stereocenters. The summed E-state index contributed by atoms with van der Waals surface area (Å²) in [4.78, 5) is 0. The Morgan fingerprint density at radius 1 is 1.17 bits per heavy atom. The van der Waals surface area contributed by atoms with Gasteiger partial charge in [-0.1, -0.05) is 34.1 Å². The average molecular weight is 171 g/mol. The molecule has 0 aromatic carbocycles. The highest BCUT2D eigenvalue weighted by atomic mass is 14.7. The Hall–Kier alpha value is -0.0400. The van der Waals surface area contributed by atoms with Crippen LogP contribution in [0.25, 0.3) is 0 Å². The first-order valence-corrected chi connectivity index (χ1v) is 5.33. The second kappa shape index (κ2) is 5.58. The number of rotatable bonds is 6. The van der Waals surface area contributed by atoms with Crippen molar-refractivity contribution in [3.63, 3.8) is 0 Å². The third-order valence-corrected chi connectivity index (χ3v) is 2.67. The first-order chi connectivity index (χ1) is 5.54. The Labute approximate surface area is 77.7 Å². The third-order valence-electron chi connectivity index (χ3n) is 2.67. The summed E-state index contributed by atoms with van der Waals surface area (Å²) in [6.45, 7) is 8.95. The maximum atomic E-state index is 6.26. The Kier molecular flexibility index (Phi) is 5.56. The smallest absolute Gasteiger partial charge is 0.0151 e. The van der Waals surface area contributed by atoms with Crippen LogP contribution >= 0.6 is 0 Å². The minimum Gasteiger partial charge on any atom is -0.325 e. The summed E-state index contributed by atoms with van der Waals surface area (Å²) in [7, 11) is 0. The molecule has 0 heterocycles. The zero-order valence-corrected chi connectivity index (χ0v) is 9.19. The molecule has 0 aromatic heterocycles.